The van der Waals surface area contributed by atoms with E-state index in [4.69, 9.17) is 4.74 Å². The van der Waals surface area contributed by atoms with Crippen molar-refractivity contribution in [3.05, 3.63) is 12.3 Å². The molecule has 0 rings (SSSR count). The summed E-state index contributed by atoms with van der Waals surface area (Å²) in [7, 11) is 0. The molecule has 0 bridgehead atoms. The standard InChI is InChI=1S/C7H10O3/c1-3-10-5-4-7(9)6(2)8/h4-5H,3H2,1-2H3. The lowest BCUT2D eigenvalue weighted by Crippen LogP contribution is -2.04. The van der Waals surface area contributed by atoms with E-state index >= 15 is 0 Å². The van der Waals surface area contributed by atoms with Crippen LogP contribution < -0.4 is 0 Å². The summed E-state index contributed by atoms with van der Waals surface area (Å²) < 4.78 is 4.70. The van der Waals surface area contributed by atoms with Crippen molar-refractivity contribution in [2.75, 3.05) is 6.61 Å². The molecule has 0 radical (unpaired) electrons. The van der Waals surface area contributed by atoms with Gasteiger partial charge in [-0.25, -0.2) is 0 Å². The number of rotatable bonds is 4. The quantitative estimate of drug-likeness (QED) is 0.329. The number of carbonyl (C=O) groups excluding carboxylic acids is 2. The van der Waals surface area contributed by atoms with Crippen molar-refractivity contribution < 1.29 is 14.3 Å². The second-order valence-electron chi connectivity index (χ2n) is 1.68. The van der Waals surface area contributed by atoms with Gasteiger partial charge in [-0.2, -0.15) is 0 Å². The van der Waals surface area contributed by atoms with Crippen molar-refractivity contribution in [1.29, 1.82) is 0 Å². The minimum absolute atomic E-state index is 0.476. The number of allylic oxidation sites excluding steroid dienone is 1. The maximum absolute atomic E-state index is 10.5. The van der Waals surface area contributed by atoms with Gasteiger partial charge in [-0.3, -0.25) is 9.59 Å². The molecule has 0 aliphatic heterocycles. The van der Waals surface area contributed by atoms with Gasteiger partial charge in [0.1, 0.15) is 0 Å². The van der Waals surface area contributed by atoms with Gasteiger partial charge in [0, 0.05) is 13.0 Å². The minimum atomic E-state index is -0.534. The molecule has 10 heavy (non-hydrogen) atoms. The van der Waals surface area contributed by atoms with Crippen LogP contribution in [-0.4, -0.2) is 18.2 Å². The molecule has 3 heteroatoms. The van der Waals surface area contributed by atoms with E-state index in [2.05, 4.69) is 0 Å². The van der Waals surface area contributed by atoms with Crippen molar-refractivity contribution >= 4 is 11.6 Å². The molecule has 0 saturated heterocycles. The number of Topliss-reactive ketones (excluding diaryl/α,β-unsaturated/α-hetero) is 1. The number of hydrogen-bond acceptors (Lipinski definition) is 3. The summed E-state index contributed by atoms with van der Waals surface area (Å²) in [5.74, 6) is -1.01. The molecule has 0 aliphatic carbocycles. The highest BCUT2D eigenvalue weighted by atomic mass is 16.5. The van der Waals surface area contributed by atoms with Crippen molar-refractivity contribution in [1.82, 2.24) is 0 Å². The van der Waals surface area contributed by atoms with E-state index in [9.17, 15) is 9.59 Å². The number of carbonyl (C=O) groups is 2. The molecule has 0 unspecified atom stereocenters. The molecule has 0 N–H and O–H groups in total. The van der Waals surface area contributed by atoms with Crippen LogP contribution in [0.4, 0.5) is 0 Å². The molecular weight excluding hydrogens is 132 g/mol. The van der Waals surface area contributed by atoms with E-state index in [1.54, 1.807) is 6.92 Å². The van der Waals surface area contributed by atoms with E-state index < -0.39 is 11.6 Å². The van der Waals surface area contributed by atoms with Crippen molar-refractivity contribution in [3.8, 4) is 0 Å². The molecule has 0 amide bonds. The highest BCUT2D eigenvalue weighted by Crippen LogP contribution is 1.80. The van der Waals surface area contributed by atoms with Crippen LogP contribution in [0.25, 0.3) is 0 Å². The lowest BCUT2D eigenvalue weighted by Gasteiger charge is -1.89. The molecule has 56 valence electrons. The van der Waals surface area contributed by atoms with E-state index in [1.165, 1.54) is 13.2 Å². The van der Waals surface area contributed by atoms with E-state index in [1.807, 2.05) is 0 Å². The van der Waals surface area contributed by atoms with Crippen LogP contribution in [0.15, 0.2) is 12.3 Å². The molecule has 3 nitrogen and oxygen atoms in total. The summed E-state index contributed by atoms with van der Waals surface area (Å²) in [6.07, 6.45) is 2.34. The van der Waals surface area contributed by atoms with Crippen LogP contribution >= 0.6 is 0 Å². The van der Waals surface area contributed by atoms with E-state index in [-0.39, 0.29) is 0 Å². The van der Waals surface area contributed by atoms with E-state index in [0.29, 0.717) is 6.61 Å². The minimum Gasteiger partial charge on any atom is -0.501 e. The Hall–Kier alpha value is -1.12. The van der Waals surface area contributed by atoms with Gasteiger partial charge in [-0.15, -0.1) is 0 Å². The number of ketones is 2. The average Bonchev–Trinajstić information content (AvgIpc) is 1.88. The Bertz CT molecular complexity index is 158. The van der Waals surface area contributed by atoms with Gasteiger partial charge in [0.15, 0.2) is 5.78 Å². The Morgan fingerprint density at radius 2 is 2.10 bits per heavy atom. The van der Waals surface area contributed by atoms with Crippen LogP contribution in [-0.2, 0) is 14.3 Å². The van der Waals surface area contributed by atoms with Crippen LogP contribution in [0.3, 0.4) is 0 Å². The van der Waals surface area contributed by atoms with E-state index in [0.717, 1.165) is 6.08 Å². The molecule has 0 aromatic rings. The van der Waals surface area contributed by atoms with Gasteiger partial charge >= 0.3 is 0 Å². The Morgan fingerprint density at radius 3 is 2.50 bits per heavy atom. The fourth-order valence-corrected chi connectivity index (χ4v) is 0.323. The van der Waals surface area contributed by atoms with Crippen molar-refractivity contribution in [3.63, 3.8) is 0 Å². The molecule has 0 aromatic carbocycles. The highest BCUT2D eigenvalue weighted by molar-refractivity contribution is 6.40. The van der Waals surface area contributed by atoms with Crippen LogP contribution in [0.1, 0.15) is 13.8 Å². The first kappa shape index (κ1) is 8.88. The summed E-state index contributed by atoms with van der Waals surface area (Å²) in [4.78, 5) is 20.8. The number of ether oxygens (including phenoxy) is 1. The molecule has 0 spiro atoms. The van der Waals surface area contributed by atoms with Crippen LogP contribution in [0.2, 0.25) is 0 Å². The molecule has 0 heterocycles. The first-order valence-electron chi connectivity index (χ1n) is 3.01. The zero-order valence-electron chi connectivity index (χ0n) is 6.09. The summed E-state index contributed by atoms with van der Waals surface area (Å²) in [6.45, 7) is 3.52. The Balaban J connectivity index is 3.67. The summed E-state index contributed by atoms with van der Waals surface area (Å²) >= 11 is 0. The average molecular weight is 142 g/mol. The van der Waals surface area contributed by atoms with Gasteiger partial charge in [0.05, 0.1) is 12.9 Å². The monoisotopic (exact) mass is 142 g/mol. The lowest BCUT2D eigenvalue weighted by molar-refractivity contribution is -0.132. The third-order valence-corrected chi connectivity index (χ3v) is 0.829. The second-order valence-corrected chi connectivity index (χ2v) is 1.68. The summed E-state index contributed by atoms with van der Waals surface area (Å²) in [5.41, 5.74) is 0. The predicted molar refractivity (Wildman–Crippen MR) is 36.5 cm³/mol. The zero-order valence-corrected chi connectivity index (χ0v) is 6.09. The highest BCUT2D eigenvalue weighted by Gasteiger charge is 2.00. The third kappa shape index (κ3) is 3.83. The molecule has 0 saturated carbocycles. The van der Waals surface area contributed by atoms with Gasteiger partial charge < -0.3 is 4.74 Å². The maximum Gasteiger partial charge on any atom is 0.224 e. The number of hydrogen-bond donors (Lipinski definition) is 0. The van der Waals surface area contributed by atoms with Crippen LogP contribution in [0.5, 0.6) is 0 Å². The van der Waals surface area contributed by atoms with Gasteiger partial charge in [-0.1, -0.05) is 0 Å². The third-order valence-electron chi connectivity index (χ3n) is 0.829. The maximum atomic E-state index is 10.5. The molecule has 0 fully saturated rings. The summed E-state index contributed by atoms with van der Waals surface area (Å²) in [5, 5.41) is 0. The summed E-state index contributed by atoms with van der Waals surface area (Å²) in [6, 6.07) is 0. The first-order chi connectivity index (χ1) is 4.68. The SMILES string of the molecule is CCOC=CC(=O)C(C)=O. The van der Waals surface area contributed by atoms with Crippen LogP contribution in [0, 0.1) is 0 Å². The Kier molecular flexibility index (Phi) is 4.20. The smallest absolute Gasteiger partial charge is 0.224 e. The molecule has 0 atom stereocenters. The first-order valence-corrected chi connectivity index (χ1v) is 3.01. The fourth-order valence-electron chi connectivity index (χ4n) is 0.323. The second kappa shape index (κ2) is 4.73. The zero-order chi connectivity index (χ0) is 7.98. The fraction of sp³-hybridized carbons (Fsp3) is 0.429. The topological polar surface area (TPSA) is 43.4 Å². The predicted octanol–water partition coefficient (Wildman–Crippen LogP) is 0.695. The molecular formula is C7H10O3. The lowest BCUT2D eigenvalue weighted by atomic mass is 10.3. The normalized spacial score (nSPS) is 9.80. The largest absolute Gasteiger partial charge is 0.501 e. The van der Waals surface area contributed by atoms with Crippen molar-refractivity contribution in [2.45, 2.75) is 13.8 Å². The Morgan fingerprint density at radius 1 is 1.50 bits per heavy atom. The van der Waals surface area contributed by atoms with Gasteiger partial charge in [-0.05, 0) is 6.92 Å². The molecule has 0 aliphatic rings. The van der Waals surface area contributed by atoms with Gasteiger partial charge in [0.2, 0.25) is 5.78 Å². The Labute approximate surface area is 59.7 Å². The van der Waals surface area contributed by atoms with Crippen molar-refractivity contribution in [2.24, 2.45) is 0 Å². The van der Waals surface area contributed by atoms with Gasteiger partial charge in [0.25, 0.3) is 0 Å². The molecule has 0 aromatic heterocycles.